The largest absolute Gasteiger partial charge is 0.369 e. The summed E-state index contributed by atoms with van der Waals surface area (Å²) in [6, 6.07) is 4.88. The number of anilines is 1. The van der Waals surface area contributed by atoms with Crippen molar-refractivity contribution in [3.63, 3.8) is 0 Å². The lowest BCUT2D eigenvalue weighted by molar-refractivity contribution is 0.637. The molecule has 0 aliphatic rings. The second-order valence-corrected chi connectivity index (χ2v) is 4.79. The van der Waals surface area contributed by atoms with Gasteiger partial charge in [0, 0.05) is 18.8 Å². The van der Waals surface area contributed by atoms with Crippen molar-refractivity contribution in [3.8, 4) is 0 Å². The molecule has 1 aromatic carbocycles. The number of nitrogen functional groups attached to an aromatic ring is 1. The number of aryl methyl sites for hydroxylation is 2. The molecule has 3 aromatic rings. The van der Waals surface area contributed by atoms with E-state index in [2.05, 4.69) is 17.0 Å². The molecule has 104 valence electrons. The van der Waals surface area contributed by atoms with Crippen molar-refractivity contribution in [1.29, 1.82) is 0 Å². The van der Waals surface area contributed by atoms with Crippen LogP contribution < -0.4 is 5.73 Å². The molecule has 0 radical (unpaired) electrons. The van der Waals surface area contributed by atoms with E-state index in [9.17, 15) is 4.39 Å². The molecule has 2 aromatic heterocycles. The molecule has 0 fully saturated rings. The third-order valence-electron chi connectivity index (χ3n) is 3.41. The summed E-state index contributed by atoms with van der Waals surface area (Å²) in [5.41, 5.74) is 9.03. The van der Waals surface area contributed by atoms with Gasteiger partial charge in [0.05, 0.1) is 17.8 Å². The summed E-state index contributed by atoms with van der Waals surface area (Å²) in [6.07, 6.45) is 2.81. The first-order chi connectivity index (χ1) is 9.60. The number of imidazole rings is 1. The number of rotatable bonds is 3. The quantitative estimate of drug-likeness (QED) is 0.795. The first kappa shape index (κ1) is 12.7. The minimum absolute atomic E-state index is 0.312. The van der Waals surface area contributed by atoms with E-state index in [-0.39, 0.29) is 5.82 Å². The Hall–Kier alpha value is -2.37. The highest BCUT2D eigenvalue weighted by Gasteiger charge is 2.14. The first-order valence-electron chi connectivity index (χ1n) is 6.51. The zero-order valence-corrected chi connectivity index (χ0v) is 11.5. The fourth-order valence-electron chi connectivity index (χ4n) is 2.48. The first-order valence-corrected chi connectivity index (χ1v) is 6.51. The van der Waals surface area contributed by atoms with E-state index in [1.807, 2.05) is 23.9 Å². The van der Waals surface area contributed by atoms with Crippen LogP contribution >= 0.6 is 0 Å². The number of halogens is 1. The molecule has 0 saturated carbocycles. The van der Waals surface area contributed by atoms with Crippen molar-refractivity contribution < 1.29 is 4.39 Å². The lowest BCUT2D eigenvalue weighted by Gasteiger charge is -2.06. The highest BCUT2D eigenvalue weighted by atomic mass is 19.1. The van der Waals surface area contributed by atoms with Crippen molar-refractivity contribution >= 4 is 17.0 Å². The number of aromatic nitrogens is 4. The van der Waals surface area contributed by atoms with Crippen LogP contribution in [0.3, 0.4) is 0 Å². The average Bonchev–Trinajstić information content (AvgIpc) is 2.93. The minimum atomic E-state index is -0.352. The molecule has 0 atom stereocenters. The third kappa shape index (κ3) is 1.93. The van der Waals surface area contributed by atoms with Gasteiger partial charge in [-0.1, -0.05) is 13.0 Å². The van der Waals surface area contributed by atoms with Crippen LogP contribution in [0.15, 0.2) is 24.4 Å². The number of fused-ring (bicyclic) bond motifs is 1. The minimum Gasteiger partial charge on any atom is -0.369 e. The molecular formula is C14H16FN5. The molecule has 2 heterocycles. The number of benzene rings is 1. The fourth-order valence-corrected chi connectivity index (χ4v) is 2.48. The van der Waals surface area contributed by atoms with Crippen molar-refractivity contribution in [1.82, 2.24) is 19.3 Å². The van der Waals surface area contributed by atoms with Gasteiger partial charge in [0.1, 0.15) is 5.52 Å². The summed E-state index contributed by atoms with van der Waals surface area (Å²) in [4.78, 5) is 4.11. The van der Waals surface area contributed by atoms with Crippen LogP contribution in [-0.4, -0.2) is 19.3 Å². The molecule has 0 aliphatic heterocycles. The summed E-state index contributed by atoms with van der Waals surface area (Å²) in [6.45, 7) is 2.60. The Kier molecular flexibility index (Phi) is 2.93. The van der Waals surface area contributed by atoms with Crippen LogP contribution in [0.2, 0.25) is 0 Å². The zero-order valence-electron chi connectivity index (χ0n) is 11.5. The molecule has 0 bridgehead atoms. The van der Waals surface area contributed by atoms with Crippen LogP contribution in [0.1, 0.15) is 18.2 Å². The van der Waals surface area contributed by atoms with Crippen molar-refractivity contribution in [3.05, 3.63) is 41.5 Å². The van der Waals surface area contributed by atoms with Gasteiger partial charge in [-0.15, -0.1) is 0 Å². The van der Waals surface area contributed by atoms with Crippen LogP contribution in [0, 0.1) is 5.82 Å². The molecule has 5 nitrogen and oxygen atoms in total. The fraction of sp³-hybridized carbons (Fsp3) is 0.286. The lowest BCUT2D eigenvalue weighted by atomic mass is 10.2. The maximum atomic E-state index is 13.7. The van der Waals surface area contributed by atoms with Crippen LogP contribution in [-0.2, 0) is 20.0 Å². The van der Waals surface area contributed by atoms with E-state index in [0.29, 0.717) is 23.5 Å². The molecular weight excluding hydrogens is 257 g/mol. The third-order valence-corrected chi connectivity index (χ3v) is 3.41. The van der Waals surface area contributed by atoms with Gasteiger partial charge in [0.2, 0.25) is 5.95 Å². The summed E-state index contributed by atoms with van der Waals surface area (Å²) >= 11 is 0. The number of nitrogens with two attached hydrogens (primary N) is 1. The van der Waals surface area contributed by atoms with Crippen molar-refractivity contribution in [2.45, 2.75) is 19.9 Å². The van der Waals surface area contributed by atoms with E-state index in [1.165, 1.54) is 6.07 Å². The molecule has 6 heteroatoms. The Bertz CT molecular complexity index is 771. The van der Waals surface area contributed by atoms with Gasteiger partial charge in [-0.25, -0.2) is 9.37 Å². The van der Waals surface area contributed by atoms with Crippen LogP contribution in [0.5, 0.6) is 0 Å². The van der Waals surface area contributed by atoms with Gasteiger partial charge in [-0.2, -0.15) is 5.10 Å². The van der Waals surface area contributed by atoms with E-state index < -0.39 is 0 Å². The smallest absolute Gasteiger partial charge is 0.201 e. The molecule has 0 amide bonds. The van der Waals surface area contributed by atoms with Gasteiger partial charge >= 0.3 is 0 Å². The number of hydrogen-bond acceptors (Lipinski definition) is 3. The van der Waals surface area contributed by atoms with Gasteiger partial charge < -0.3 is 10.3 Å². The van der Waals surface area contributed by atoms with Crippen LogP contribution in [0.25, 0.3) is 11.0 Å². The summed E-state index contributed by atoms with van der Waals surface area (Å²) in [5, 5.41) is 4.40. The Morgan fingerprint density at radius 3 is 2.90 bits per heavy atom. The average molecular weight is 273 g/mol. The number of nitrogens with zero attached hydrogens (tertiary/aromatic N) is 4. The number of para-hydroxylation sites is 1. The van der Waals surface area contributed by atoms with E-state index >= 15 is 0 Å². The Morgan fingerprint density at radius 1 is 1.35 bits per heavy atom. The predicted molar refractivity (Wildman–Crippen MR) is 75.8 cm³/mol. The van der Waals surface area contributed by atoms with E-state index in [4.69, 9.17) is 5.73 Å². The Labute approximate surface area is 115 Å². The molecule has 3 rings (SSSR count). The van der Waals surface area contributed by atoms with Gasteiger partial charge in [-0.3, -0.25) is 4.68 Å². The maximum absolute atomic E-state index is 13.7. The topological polar surface area (TPSA) is 61.7 Å². The molecule has 0 spiro atoms. The highest BCUT2D eigenvalue weighted by Crippen LogP contribution is 2.22. The molecule has 0 saturated heterocycles. The maximum Gasteiger partial charge on any atom is 0.201 e. The molecule has 2 N–H and O–H groups in total. The van der Waals surface area contributed by atoms with Crippen molar-refractivity contribution in [2.75, 3.05) is 5.73 Å². The Balaban J connectivity index is 2.11. The molecule has 20 heavy (non-hydrogen) atoms. The summed E-state index contributed by atoms with van der Waals surface area (Å²) < 4.78 is 17.3. The van der Waals surface area contributed by atoms with E-state index in [1.54, 1.807) is 10.7 Å². The summed E-state index contributed by atoms with van der Waals surface area (Å²) in [5.74, 6) is -0.0362. The van der Waals surface area contributed by atoms with Crippen LogP contribution in [0.4, 0.5) is 10.3 Å². The van der Waals surface area contributed by atoms with Gasteiger partial charge in [0.25, 0.3) is 0 Å². The normalized spacial score (nSPS) is 11.3. The summed E-state index contributed by atoms with van der Waals surface area (Å²) in [7, 11) is 1.89. The molecule has 0 aliphatic carbocycles. The lowest BCUT2D eigenvalue weighted by Crippen LogP contribution is -2.05. The van der Waals surface area contributed by atoms with Gasteiger partial charge in [-0.05, 0) is 18.6 Å². The highest BCUT2D eigenvalue weighted by molar-refractivity contribution is 5.79. The van der Waals surface area contributed by atoms with Gasteiger partial charge in [0.15, 0.2) is 5.82 Å². The zero-order chi connectivity index (χ0) is 14.3. The predicted octanol–water partition coefficient (Wildman–Crippen LogP) is 2.10. The molecule has 0 unspecified atom stereocenters. The van der Waals surface area contributed by atoms with Crippen molar-refractivity contribution in [2.24, 2.45) is 7.05 Å². The second-order valence-electron chi connectivity index (χ2n) is 4.79. The Morgan fingerprint density at radius 2 is 2.15 bits per heavy atom. The SMILES string of the molecule is CCc1nn(C)cc1Cn1c(N)nc2c(F)cccc21. The second kappa shape index (κ2) is 4.63. The standard InChI is InChI=1S/C14H16FN5/c1-3-11-9(7-19(2)18-11)8-20-12-6-4-5-10(15)13(12)17-14(20)16/h4-7H,3,8H2,1-2H3,(H2,16,17). The van der Waals surface area contributed by atoms with E-state index in [0.717, 1.165) is 17.7 Å². The number of hydrogen-bond donors (Lipinski definition) is 1. The monoisotopic (exact) mass is 273 g/mol.